The van der Waals surface area contributed by atoms with E-state index < -0.39 is 35.7 Å². The Labute approximate surface area is 212 Å². The van der Waals surface area contributed by atoms with Crippen molar-refractivity contribution < 1.29 is 33.0 Å². The fraction of sp³-hybridized carbons (Fsp3) is 0.185. The van der Waals surface area contributed by atoms with Crippen molar-refractivity contribution in [3.63, 3.8) is 0 Å². The van der Waals surface area contributed by atoms with E-state index >= 15 is 0 Å². The van der Waals surface area contributed by atoms with Crippen LogP contribution in [0.5, 0.6) is 5.75 Å². The van der Waals surface area contributed by atoms with Gasteiger partial charge in [0.1, 0.15) is 17.6 Å². The van der Waals surface area contributed by atoms with Crippen molar-refractivity contribution in [3.05, 3.63) is 89.7 Å². The Morgan fingerprint density at radius 2 is 1.57 bits per heavy atom. The van der Waals surface area contributed by atoms with E-state index in [2.05, 4.69) is 10.1 Å². The van der Waals surface area contributed by atoms with Crippen LogP contribution in [0.15, 0.2) is 72.8 Å². The van der Waals surface area contributed by atoms with Gasteiger partial charge in [0.2, 0.25) is 5.91 Å². The zero-order chi connectivity index (χ0) is 26.5. The summed E-state index contributed by atoms with van der Waals surface area (Å²) in [6.45, 7) is 0.00325. The van der Waals surface area contributed by atoms with Crippen LogP contribution in [0.25, 0.3) is 0 Å². The number of esters is 1. The van der Waals surface area contributed by atoms with Crippen molar-refractivity contribution in [2.45, 2.75) is 19.0 Å². The summed E-state index contributed by atoms with van der Waals surface area (Å²) in [7, 11) is 2.77. The molecule has 1 aliphatic heterocycles. The smallest absolute Gasteiger partial charge is 0.337 e. The molecule has 0 bridgehead atoms. The van der Waals surface area contributed by atoms with E-state index in [1.165, 1.54) is 67.7 Å². The van der Waals surface area contributed by atoms with Gasteiger partial charge in [-0.3, -0.25) is 9.59 Å². The number of nitrogens with zero attached hydrogens (tertiary/aromatic N) is 2. The number of amides is 4. The van der Waals surface area contributed by atoms with Gasteiger partial charge in [-0.15, -0.1) is 0 Å². The van der Waals surface area contributed by atoms with Gasteiger partial charge in [0, 0.05) is 12.2 Å². The van der Waals surface area contributed by atoms with Crippen LogP contribution in [0.4, 0.5) is 20.6 Å². The molecule has 4 rings (SSSR count). The van der Waals surface area contributed by atoms with Crippen molar-refractivity contribution >= 4 is 35.2 Å². The first-order valence-corrected chi connectivity index (χ1v) is 11.3. The Hall–Kier alpha value is -4.73. The maximum Gasteiger partial charge on any atom is 0.337 e. The molecule has 3 aromatic rings. The summed E-state index contributed by atoms with van der Waals surface area (Å²) in [5, 5.41) is 2.68. The van der Waals surface area contributed by atoms with Crippen molar-refractivity contribution in [2.24, 2.45) is 0 Å². The standard InChI is InChI=1S/C27H24FN3O6/c1-36-22-13-11-21(12-14-22)31-25(33)23(30(27(31)35)16-17-3-7-19(28)8-4-17)15-24(32)29-20-9-5-18(6-10-20)26(34)37-2/h3-14,23H,15-16H2,1-2H3,(H,29,32). The number of hydrogen-bond acceptors (Lipinski definition) is 6. The van der Waals surface area contributed by atoms with Crippen LogP contribution in [-0.4, -0.2) is 49.0 Å². The highest BCUT2D eigenvalue weighted by molar-refractivity contribution is 6.22. The van der Waals surface area contributed by atoms with Gasteiger partial charge in [-0.25, -0.2) is 18.9 Å². The monoisotopic (exact) mass is 505 g/mol. The van der Waals surface area contributed by atoms with Gasteiger partial charge < -0.3 is 19.7 Å². The van der Waals surface area contributed by atoms with Gasteiger partial charge in [-0.1, -0.05) is 12.1 Å². The Morgan fingerprint density at radius 3 is 2.16 bits per heavy atom. The zero-order valence-corrected chi connectivity index (χ0v) is 20.1. The lowest BCUT2D eigenvalue weighted by Crippen LogP contribution is -2.37. The maximum atomic E-state index is 13.4. The highest BCUT2D eigenvalue weighted by Crippen LogP contribution is 2.30. The molecule has 0 saturated carbocycles. The lowest BCUT2D eigenvalue weighted by Gasteiger charge is -2.21. The number of methoxy groups -OCH3 is 2. The minimum atomic E-state index is -1.09. The summed E-state index contributed by atoms with van der Waals surface area (Å²) < 4.78 is 23.2. The fourth-order valence-electron chi connectivity index (χ4n) is 3.96. The molecule has 0 aromatic heterocycles. The molecule has 1 N–H and O–H groups in total. The number of carbonyl (C=O) groups excluding carboxylic acids is 4. The number of halogens is 1. The zero-order valence-electron chi connectivity index (χ0n) is 20.1. The lowest BCUT2D eigenvalue weighted by molar-refractivity contribution is -0.124. The largest absolute Gasteiger partial charge is 0.497 e. The van der Waals surface area contributed by atoms with E-state index in [9.17, 15) is 23.6 Å². The third kappa shape index (κ3) is 5.58. The van der Waals surface area contributed by atoms with E-state index in [0.29, 0.717) is 28.3 Å². The SMILES string of the molecule is COC(=O)c1ccc(NC(=O)CC2C(=O)N(c3ccc(OC)cc3)C(=O)N2Cc2ccc(F)cc2)cc1. The van der Waals surface area contributed by atoms with Crippen LogP contribution < -0.4 is 15.0 Å². The predicted octanol–water partition coefficient (Wildman–Crippen LogP) is 3.99. The third-order valence-electron chi connectivity index (χ3n) is 5.88. The first-order chi connectivity index (χ1) is 17.8. The molecule has 1 unspecified atom stereocenters. The number of urea groups is 1. The summed E-state index contributed by atoms with van der Waals surface area (Å²) in [5.74, 6) is -1.45. The molecule has 0 radical (unpaired) electrons. The van der Waals surface area contributed by atoms with Gasteiger partial charge in [0.05, 0.1) is 31.9 Å². The molecule has 9 nitrogen and oxygen atoms in total. The van der Waals surface area contributed by atoms with Gasteiger partial charge >= 0.3 is 12.0 Å². The lowest BCUT2D eigenvalue weighted by atomic mass is 10.1. The van der Waals surface area contributed by atoms with Crippen LogP contribution in [0.3, 0.4) is 0 Å². The second-order valence-corrected chi connectivity index (χ2v) is 8.25. The third-order valence-corrected chi connectivity index (χ3v) is 5.88. The van der Waals surface area contributed by atoms with Gasteiger partial charge in [-0.2, -0.15) is 0 Å². The summed E-state index contributed by atoms with van der Waals surface area (Å²) >= 11 is 0. The number of rotatable bonds is 8. The quantitative estimate of drug-likeness (QED) is 0.367. The van der Waals surface area contributed by atoms with E-state index in [1.54, 1.807) is 24.3 Å². The minimum Gasteiger partial charge on any atom is -0.497 e. The Morgan fingerprint density at radius 1 is 0.919 bits per heavy atom. The molecule has 10 heteroatoms. The molecule has 3 aromatic carbocycles. The number of ether oxygens (including phenoxy) is 2. The molecule has 1 heterocycles. The van der Waals surface area contributed by atoms with Crippen LogP contribution in [0, 0.1) is 5.82 Å². The highest BCUT2D eigenvalue weighted by atomic mass is 19.1. The molecular formula is C27H24FN3O6. The maximum absolute atomic E-state index is 13.4. The molecular weight excluding hydrogens is 481 g/mol. The minimum absolute atomic E-state index is 0.00325. The van der Waals surface area contributed by atoms with Crippen LogP contribution in [0.2, 0.25) is 0 Å². The first kappa shape index (κ1) is 25.4. The van der Waals surface area contributed by atoms with Gasteiger partial charge in [-0.05, 0) is 66.2 Å². The van der Waals surface area contributed by atoms with Crippen LogP contribution in [0.1, 0.15) is 22.3 Å². The molecule has 1 atom stereocenters. The average Bonchev–Trinajstić information content (AvgIpc) is 3.13. The predicted molar refractivity (Wildman–Crippen MR) is 133 cm³/mol. The van der Waals surface area contributed by atoms with Crippen molar-refractivity contribution in [2.75, 3.05) is 24.4 Å². The van der Waals surface area contributed by atoms with Gasteiger partial charge in [0.25, 0.3) is 5.91 Å². The number of carbonyl (C=O) groups is 4. The first-order valence-electron chi connectivity index (χ1n) is 11.3. The Kier molecular flexibility index (Phi) is 7.47. The van der Waals surface area contributed by atoms with Crippen LogP contribution in [-0.2, 0) is 20.9 Å². The number of imide groups is 1. The van der Waals surface area contributed by atoms with E-state index in [1.807, 2.05) is 0 Å². The topological polar surface area (TPSA) is 105 Å². The van der Waals surface area contributed by atoms with Crippen LogP contribution >= 0.6 is 0 Å². The number of nitrogens with one attached hydrogen (secondary N) is 1. The molecule has 0 spiro atoms. The van der Waals surface area contributed by atoms with Crippen molar-refractivity contribution in [1.29, 1.82) is 0 Å². The molecule has 1 saturated heterocycles. The second kappa shape index (κ2) is 10.9. The normalized spacial score (nSPS) is 15.1. The summed E-state index contributed by atoms with van der Waals surface area (Å²) in [4.78, 5) is 53.6. The molecule has 0 aliphatic carbocycles. The fourth-order valence-corrected chi connectivity index (χ4v) is 3.96. The Balaban J connectivity index is 1.56. The van der Waals surface area contributed by atoms with Gasteiger partial charge in [0.15, 0.2) is 0 Å². The summed E-state index contributed by atoms with van der Waals surface area (Å²) in [5.41, 5.74) is 1.66. The number of anilines is 2. The molecule has 1 fully saturated rings. The average molecular weight is 506 g/mol. The summed E-state index contributed by atoms with van der Waals surface area (Å²) in [6, 6.07) is 16.3. The van der Waals surface area contributed by atoms with Crippen molar-refractivity contribution in [3.8, 4) is 5.75 Å². The number of hydrogen-bond donors (Lipinski definition) is 1. The van der Waals surface area contributed by atoms with E-state index in [-0.39, 0.29) is 13.0 Å². The highest BCUT2D eigenvalue weighted by Gasteiger charge is 2.46. The molecule has 4 amide bonds. The molecule has 190 valence electrons. The molecule has 1 aliphatic rings. The Bertz CT molecular complexity index is 1310. The second-order valence-electron chi connectivity index (χ2n) is 8.25. The van der Waals surface area contributed by atoms with E-state index in [0.717, 1.165) is 4.90 Å². The van der Waals surface area contributed by atoms with Crippen molar-refractivity contribution in [1.82, 2.24) is 4.90 Å². The summed E-state index contributed by atoms with van der Waals surface area (Å²) in [6.07, 6.45) is -0.308. The number of benzene rings is 3. The van der Waals surface area contributed by atoms with E-state index in [4.69, 9.17) is 4.74 Å². The molecule has 37 heavy (non-hydrogen) atoms.